The number of ether oxygens (including phenoxy) is 2. The molecule has 1 heterocycles. The van der Waals surface area contributed by atoms with Gasteiger partial charge in [-0.15, -0.1) is 0 Å². The Balaban J connectivity index is 1.87. The minimum atomic E-state index is -0.952. The van der Waals surface area contributed by atoms with Crippen molar-refractivity contribution in [3.05, 3.63) is 58.1 Å². The van der Waals surface area contributed by atoms with E-state index in [1.54, 1.807) is 25.3 Å². The lowest BCUT2D eigenvalue weighted by Crippen LogP contribution is -2.20. The van der Waals surface area contributed by atoms with E-state index in [-0.39, 0.29) is 11.5 Å². The molecule has 0 spiro atoms. The SMILES string of the molecule is COc1ccc(C2COc3cc(C(=O)O)ccc3C2)c(Cl)c1. The molecule has 1 aliphatic heterocycles. The van der Waals surface area contributed by atoms with Gasteiger partial charge in [-0.05, 0) is 41.8 Å². The summed E-state index contributed by atoms with van der Waals surface area (Å²) in [4.78, 5) is 11.0. The highest BCUT2D eigenvalue weighted by Gasteiger charge is 2.24. The quantitative estimate of drug-likeness (QED) is 0.936. The molecule has 5 heteroatoms. The summed E-state index contributed by atoms with van der Waals surface area (Å²) in [6.45, 7) is 0.474. The van der Waals surface area contributed by atoms with Gasteiger partial charge in [0.25, 0.3) is 0 Å². The van der Waals surface area contributed by atoms with E-state index >= 15 is 0 Å². The van der Waals surface area contributed by atoms with Crippen LogP contribution in [0.4, 0.5) is 0 Å². The highest BCUT2D eigenvalue weighted by molar-refractivity contribution is 6.31. The van der Waals surface area contributed by atoms with Gasteiger partial charge in [0.1, 0.15) is 11.5 Å². The predicted molar refractivity (Wildman–Crippen MR) is 83.3 cm³/mol. The first-order valence-electron chi connectivity index (χ1n) is 6.91. The first-order valence-corrected chi connectivity index (χ1v) is 7.28. The van der Waals surface area contributed by atoms with Crippen LogP contribution in [0.1, 0.15) is 27.4 Å². The normalized spacial score (nSPS) is 16.5. The number of hydrogen-bond donors (Lipinski definition) is 1. The number of rotatable bonds is 3. The molecule has 1 atom stereocenters. The van der Waals surface area contributed by atoms with Crippen molar-refractivity contribution < 1.29 is 19.4 Å². The number of methoxy groups -OCH3 is 1. The fourth-order valence-corrected chi connectivity index (χ4v) is 3.00. The minimum absolute atomic E-state index is 0.140. The lowest BCUT2D eigenvalue weighted by molar-refractivity contribution is 0.0696. The van der Waals surface area contributed by atoms with E-state index < -0.39 is 5.97 Å². The smallest absolute Gasteiger partial charge is 0.335 e. The van der Waals surface area contributed by atoms with Crippen LogP contribution in [0.5, 0.6) is 11.5 Å². The standard InChI is InChI=1S/C17H15ClO4/c1-21-13-4-5-14(15(18)8-13)12-6-10-2-3-11(17(19)20)7-16(10)22-9-12/h2-5,7-8,12H,6,9H2,1H3,(H,19,20). The lowest BCUT2D eigenvalue weighted by Gasteiger charge is -2.26. The average molecular weight is 319 g/mol. The summed E-state index contributed by atoms with van der Waals surface area (Å²) in [6.07, 6.45) is 0.765. The van der Waals surface area contributed by atoms with Gasteiger partial charge in [0.05, 0.1) is 19.3 Å². The van der Waals surface area contributed by atoms with Gasteiger partial charge >= 0.3 is 5.97 Å². The van der Waals surface area contributed by atoms with E-state index in [1.165, 1.54) is 0 Å². The molecule has 2 aromatic rings. The zero-order chi connectivity index (χ0) is 15.7. The third-order valence-corrected chi connectivity index (χ3v) is 4.20. The maximum atomic E-state index is 11.0. The van der Waals surface area contributed by atoms with Crippen LogP contribution in [-0.4, -0.2) is 24.8 Å². The van der Waals surface area contributed by atoms with Crippen LogP contribution in [0.25, 0.3) is 0 Å². The maximum absolute atomic E-state index is 11.0. The molecule has 1 N–H and O–H groups in total. The molecule has 22 heavy (non-hydrogen) atoms. The van der Waals surface area contributed by atoms with Crippen LogP contribution in [-0.2, 0) is 6.42 Å². The Morgan fingerprint density at radius 1 is 1.32 bits per heavy atom. The first-order chi connectivity index (χ1) is 10.6. The predicted octanol–water partition coefficient (Wildman–Crippen LogP) is 3.77. The van der Waals surface area contributed by atoms with Crippen molar-refractivity contribution in [3.63, 3.8) is 0 Å². The summed E-state index contributed by atoms with van der Waals surface area (Å²) in [5, 5.41) is 9.67. The van der Waals surface area contributed by atoms with Gasteiger partial charge in [-0.3, -0.25) is 0 Å². The molecule has 2 aromatic carbocycles. The third kappa shape index (κ3) is 2.74. The molecule has 0 amide bonds. The number of carboxylic acid groups (broad SMARTS) is 1. The molecule has 0 saturated carbocycles. The second-order valence-electron chi connectivity index (χ2n) is 5.23. The molecule has 0 saturated heterocycles. The number of fused-ring (bicyclic) bond motifs is 1. The Hall–Kier alpha value is -2.20. The number of halogens is 1. The molecule has 114 valence electrons. The molecule has 3 rings (SSSR count). The molecule has 4 nitrogen and oxygen atoms in total. The number of hydrogen-bond acceptors (Lipinski definition) is 3. The van der Waals surface area contributed by atoms with Gasteiger partial charge < -0.3 is 14.6 Å². The molecular formula is C17H15ClO4. The summed E-state index contributed by atoms with van der Waals surface area (Å²) < 4.78 is 10.9. The van der Waals surface area contributed by atoms with Crippen LogP contribution >= 0.6 is 11.6 Å². The van der Waals surface area contributed by atoms with E-state index in [0.717, 1.165) is 23.3 Å². The summed E-state index contributed by atoms with van der Waals surface area (Å²) in [6, 6.07) is 10.6. The van der Waals surface area contributed by atoms with Crippen molar-refractivity contribution >= 4 is 17.6 Å². The Morgan fingerprint density at radius 2 is 2.14 bits per heavy atom. The van der Waals surface area contributed by atoms with Gasteiger partial charge in [-0.25, -0.2) is 4.79 Å². The van der Waals surface area contributed by atoms with Crippen molar-refractivity contribution in [3.8, 4) is 11.5 Å². The van der Waals surface area contributed by atoms with E-state index in [2.05, 4.69) is 0 Å². The van der Waals surface area contributed by atoms with Crippen LogP contribution in [0.2, 0.25) is 5.02 Å². The molecule has 1 aliphatic rings. The topological polar surface area (TPSA) is 55.8 Å². The van der Waals surface area contributed by atoms with Crippen molar-refractivity contribution in [1.29, 1.82) is 0 Å². The number of carboxylic acids is 1. The molecule has 0 aliphatic carbocycles. The second-order valence-corrected chi connectivity index (χ2v) is 5.63. The van der Waals surface area contributed by atoms with Crippen LogP contribution in [0.3, 0.4) is 0 Å². The molecule has 0 radical (unpaired) electrons. The van der Waals surface area contributed by atoms with Gasteiger partial charge in [-0.2, -0.15) is 0 Å². The zero-order valence-electron chi connectivity index (χ0n) is 12.0. The van der Waals surface area contributed by atoms with Crippen molar-refractivity contribution in [2.24, 2.45) is 0 Å². The van der Waals surface area contributed by atoms with E-state index in [4.69, 9.17) is 26.2 Å². The van der Waals surface area contributed by atoms with Gasteiger partial charge in [0.15, 0.2) is 0 Å². The van der Waals surface area contributed by atoms with E-state index in [9.17, 15) is 4.79 Å². The van der Waals surface area contributed by atoms with Crippen molar-refractivity contribution in [2.75, 3.05) is 13.7 Å². The van der Waals surface area contributed by atoms with E-state index in [1.807, 2.05) is 18.2 Å². The largest absolute Gasteiger partial charge is 0.497 e. The van der Waals surface area contributed by atoms with Gasteiger partial charge in [0, 0.05) is 10.9 Å². The van der Waals surface area contributed by atoms with Crippen molar-refractivity contribution in [2.45, 2.75) is 12.3 Å². The minimum Gasteiger partial charge on any atom is -0.497 e. The van der Waals surface area contributed by atoms with Crippen LogP contribution < -0.4 is 9.47 Å². The van der Waals surface area contributed by atoms with Crippen molar-refractivity contribution in [1.82, 2.24) is 0 Å². The number of benzene rings is 2. The second kappa shape index (κ2) is 5.89. The third-order valence-electron chi connectivity index (χ3n) is 3.87. The Bertz CT molecular complexity index is 727. The summed E-state index contributed by atoms with van der Waals surface area (Å²) in [7, 11) is 1.60. The monoisotopic (exact) mass is 318 g/mol. The Kier molecular flexibility index (Phi) is 3.94. The molecule has 0 aromatic heterocycles. The Labute approximate surface area is 133 Å². The Morgan fingerprint density at radius 3 is 2.82 bits per heavy atom. The van der Waals surface area contributed by atoms with Gasteiger partial charge in [-0.1, -0.05) is 23.7 Å². The first kappa shape index (κ1) is 14.7. The summed E-state index contributed by atoms with van der Waals surface area (Å²) in [5.41, 5.74) is 2.24. The van der Waals surface area contributed by atoms with E-state index in [0.29, 0.717) is 17.4 Å². The summed E-state index contributed by atoms with van der Waals surface area (Å²) >= 11 is 6.32. The number of carbonyl (C=O) groups is 1. The fourth-order valence-electron chi connectivity index (χ4n) is 2.67. The maximum Gasteiger partial charge on any atom is 0.335 e. The molecule has 1 unspecified atom stereocenters. The van der Waals surface area contributed by atoms with Crippen LogP contribution in [0, 0.1) is 0 Å². The number of aromatic carboxylic acids is 1. The summed E-state index contributed by atoms with van der Waals surface area (Å²) in [5.74, 6) is 0.547. The average Bonchev–Trinajstić information content (AvgIpc) is 2.53. The van der Waals surface area contributed by atoms with Gasteiger partial charge in [0.2, 0.25) is 0 Å². The fraction of sp³-hybridized carbons (Fsp3) is 0.235. The molecule has 0 bridgehead atoms. The lowest BCUT2D eigenvalue weighted by atomic mass is 9.90. The highest BCUT2D eigenvalue weighted by atomic mass is 35.5. The molecular weight excluding hydrogens is 304 g/mol. The molecule has 0 fully saturated rings. The zero-order valence-corrected chi connectivity index (χ0v) is 12.8. The highest BCUT2D eigenvalue weighted by Crippen LogP contribution is 2.36. The van der Waals surface area contributed by atoms with Crippen LogP contribution in [0.15, 0.2) is 36.4 Å².